The highest BCUT2D eigenvalue weighted by atomic mass is 16.5. The van der Waals surface area contributed by atoms with Crippen LogP contribution in [0.5, 0.6) is 5.88 Å². The molecule has 30 heavy (non-hydrogen) atoms. The van der Waals surface area contributed by atoms with Crippen LogP contribution in [0.15, 0.2) is 42.9 Å². The Hall–Kier alpha value is -3.55. The number of aromatic nitrogens is 4. The van der Waals surface area contributed by atoms with E-state index in [1.54, 1.807) is 31.6 Å². The molecule has 156 valence electrons. The van der Waals surface area contributed by atoms with Gasteiger partial charge in [-0.3, -0.25) is 0 Å². The van der Waals surface area contributed by atoms with Gasteiger partial charge in [0.25, 0.3) is 0 Å². The monoisotopic (exact) mass is 405 g/mol. The summed E-state index contributed by atoms with van der Waals surface area (Å²) in [5, 5.41) is 15.1. The molecule has 3 rings (SSSR count). The maximum absolute atomic E-state index is 8.31. The van der Waals surface area contributed by atoms with Gasteiger partial charge in [-0.15, -0.1) is 0 Å². The molecule has 0 unspecified atom stereocenters. The predicted octanol–water partition coefficient (Wildman–Crippen LogP) is 4.15. The van der Waals surface area contributed by atoms with Crippen molar-refractivity contribution < 1.29 is 4.74 Å². The van der Waals surface area contributed by atoms with E-state index in [0.29, 0.717) is 42.0 Å². The van der Waals surface area contributed by atoms with Crippen LogP contribution in [-0.2, 0) is 6.54 Å². The third-order valence-electron chi connectivity index (χ3n) is 4.19. The van der Waals surface area contributed by atoms with Crippen LogP contribution < -0.4 is 15.4 Å². The van der Waals surface area contributed by atoms with Gasteiger partial charge in [0.15, 0.2) is 0 Å². The maximum Gasteiger partial charge on any atom is 0.222 e. The van der Waals surface area contributed by atoms with Gasteiger partial charge >= 0.3 is 0 Å². The minimum atomic E-state index is 0.168. The molecular weight excluding hydrogens is 378 g/mol. The molecular formula is C22H27N7O. The highest BCUT2D eigenvalue weighted by Gasteiger charge is 2.18. The van der Waals surface area contributed by atoms with Crippen LogP contribution in [0.1, 0.15) is 39.2 Å². The molecule has 8 heteroatoms. The lowest BCUT2D eigenvalue weighted by Gasteiger charge is -2.21. The summed E-state index contributed by atoms with van der Waals surface area (Å²) in [4.78, 5) is 17.7. The normalized spacial score (nSPS) is 10.7. The molecule has 3 heterocycles. The second-order valence-corrected chi connectivity index (χ2v) is 7.01. The summed E-state index contributed by atoms with van der Waals surface area (Å²) in [5.74, 6) is 1.19. The van der Waals surface area contributed by atoms with Crippen molar-refractivity contribution in [1.29, 1.82) is 5.41 Å². The van der Waals surface area contributed by atoms with Crippen molar-refractivity contribution in [3.05, 3.63) is 54.4 Å². The zero-order chi connectivity index (χ0) is 21.5. The van der Waals surface area contributed by atoms with E-state index in [2.05, 4.69) is 39.4 Å². The van der Waals surface area contributed by atoms with Gasteiger partial charge in [-0.2, -0.15) is 0 Å². The van der Waals surface area contributed by atoms with E-state index < -0.39 is 0 Å². The maximum atomic E-state index is 8.31. The number of hydrogen-bond acceptors (Lipinski definition) is 8. The van der Waals surface area contributed by atoms with E-state index in [4.69, 9.17) is 15.1 Å². The fourth-order valence-corrected chi connectivity index (χ4v) is 2.96. The lowest BCUT2D eigenvalue weighted by Crippen LogP contribution is -2.17. The van der Waals surface area contributed by atoms with Gasteiger partial charge in [0.05, 0.1) is 41.5 Å². The van der Waals surface area contributed by atoms with Crippen molar-refractivity contribution in [1.82, 2.24) is 19.9 Å². The van der Waals surface area contributed by atoms with E-state index in [1.165, 1.54) is 0 Å². The third kappa shape index (κ3) is 5.08. The molecule has 0 atom stereocenters. The minimum Gasteiger partial charge on any atom is -0.477 e. The van der Waals surface area contributed by atoms with Crippen molar-refractivity contribution in [3.63, 3.8) is 0 Å². The Morgan fingerprint density at radius 2 is 1.87 bits per heavy atom. The number of ether oxygens (including phenoxy) is 1. The van der Waals surface area contributed by atoms with Crippen LogP contribution in [0.25, 0.3) is 11.3 Å². The van der Waals surface area contributed by atoms with Crippen molar-refractivity contribution >= 4 is 17.1 Å². The van der Waals surface area contributed by atoms with Gasteiger partial charge in [-0.1, -0.05) is 0 Å². The zero-order valence-corrected chi connectivity index (χ0v) is 17.7. The Kier molecular flexibility index (Phi) is 6.90. The Balaban J connectivity index is 2.10. The Morgan fingerprint density at radius 3 is 2.53 bits per heavy atom. The van der Waals surface area contributed by atoms with E-state index >= 15 is 0 Å². The van der Waals surface area contributed by atoms with Crippen molar-refractivity contribution in [2.24, 2.45) is 0 Å². The van der Waals surface area contributed by atoms with E-state index in [9.17, 15) is 0 Å². The average molecular weight is 406 g/mol. The molecule has 3 aromatic rings. The Labute approximate surface area is 176 Å². The fraction of sp³-hybridized carbons (Fsp3) is 0.318. The molecule has 0 amide bonds. The summed E-state index contributed by atoms with van der Waals surface area (Å²) >= 11 is 0. The van der Waals surface area contributed by atoms with Gasteiger partial charge in [-0.05, 0) is 52.0 Å². The first kappa shape index (κ1) is 21.2. The molecule has 3 N–H and O–H groups in total. The summed E-state index contributed by atoms with van der Waals surface area (Å²) in [7, 11) is 0. The molecule has 0 aliphatic rings. The van der Waals surface area contributed by atoms with Crippen LogP contribution in [0, 0.1) is 5.41 Å². The van der Waals surface area contributed by atoms with Crippen molar-refractivity contribution in [2.75, 3.05) is 17.2 Å². The SMILES string of the molecule is CCOc1ncccc1-c1cc(NCc2ncccn2)c(NC(C)C)c(C(C)=N)n1. The highest BCUT2D eigenvalue weighted by Crippen LogP contribution is 2.34. The molecule has 0 aliphatic carbocycles. The molecule has 0 saturated carbocycles. The summed E-state index contributed by atoms with van der Waals surface area (Å²) in [5.41, 5.74) is 3.98. The van der Waals surface area contributed by atoms with E-state index in [0.717, 1.165) is 16.9 Å². The first-order valence-corrected chi connectivity index (χ1v) is 9.94. The first-order valence-electron chi connectivity index (χ1n) is 9.94. The van der Waals surface area contributed by atoms with Gasteiger partial charge in [0.1, 0.15) is 11.5 Å². The van der Waals surface area contributed by atoms with Gasteiger partial charge in [0, 0.05) is 24.6 Å². The number of nitrogens with zero attached hydrogens (tertiary/aromatic N) is 4. The zero-order valence-electron chi connectivity index (χ0n) is 17.7. The molecule has 0 aliphatic heterocycles. The smallest absolute Gasteiger partial charge is 0.222 e. The lowest BCUT2D eigenvalue weighted by atomic mass is 10.1. The number of rotatable bonds is 9. The Bertz CT molecular complexity index is 1010. The van der Waals surface area contributed by atoms with Crippen molar-refractivity contribution in [2.45, 2.75) is 40.3 Å². The van der Waals surface area contributed by atoms with Crippen LogP contribution >= 0.6 is 0 Å². The molecule has 0 saturated heterocycles. The van der Waals surface area contributed by atoms with Crippen LogP contribution in [-0.4, -0.2) is 38.3 Å². The molecule has 8 nitrogen and oxygen atoms in total. The Morgan fingerprint density at radius 1 is 1.13 bits per heavy atom. The first-order chi connectivity index (χ1) is 14.5. The summed E-state index contributed by atoms with van der Waals surface area (Å²) < 4.78 is 5.69. The number of hydrogen-bond donors (Lipinski definition) is 3. The predicted molar refractivity (Wildman–Crippen MR) is 119 cm³/mol. The second kappa shape index (κ2) is 9.78. The average Bonchev–Trinajstić information content (AvgIpc) is 2.73. The fourth-order valence-electron chi connectivity index (χ4n) is 2.96. The quantitative estimate of drug-likeness (QED) is 0.459. The third-order valence-corrected chi connectivity index (χ3v) is 4.19. The standard InChI is InChI=1S/C22H27N7O/c1-5-30-22-16(8-6-9-26-22)17-12-18(27-13-19-24-10-7-11-25-19)21(28-14(2)3)20(29-17)15(4)23/h6-12,14,23,28H,5,13H2,1-4H3,(H,27,29). The second-order valence-electron chi connectivity index (χ2n) is 7.01. The molecule has 0 aromatic carbocycles. The summed E-state index contributed by atoms with van der Waals surface area (Å²) in [6, 6.07) is 7.67. The highest BCUT2D eigenvalue weighted by molar-refractivity contribution is 6.03. The summed E-state index contributed by atoms with van der Waals surface area (Å²) in [6.07, 6.45) is 5.12. The van der Waals surface area contributed by atoms with Crippen LogP contribution in [0.3, 0.4) is 0 Å². The van der Waals surface area contributed by atoms with E-state index in [-0.39, 0.29) is 6.04 Å². The number of anilines is 2. The number of nitrogens with one attached hydrogen (secondary N) is 3. The molecule has 0 radical (unpaired) electrons. The largest absolute Gasteiger partial charge is 0.477 e. The molecule has 0 fully saturated rings. The van der Waals surface area contributed by atoms with Crippen molar-refractivity contribution in [3.8, 4) is 17.1 Å². The topological polar surface area (TPSA) is 109 Å². The lowest BCUT2D eigenvalue weighted by molar-refractivity contribution is 0.328. The van der Waals surface area contributed by atoms with Gasteiger partial charge in [0.2, 0.25) is 5.88 Å². The summed E-state index contributed by atoms with van der Waals surface area (Å²) in [6.45, 7) is 8.70. The molecule has 3 aromatic heterocycles. The molecule has 0 bridgehead atoms. The van der Waals surface area contributed by atoms with Gasteiger partial charge < -0.3 is 20.8 Å². The molecule has 0 spiro atoms. The van der Waals surface area contributed by atoms with Crippen LogP contribution in [0.2, 0.25) is 0 Å². The van der Waals surface area contributed by atoms with E-state index in [1.807, 2.05) is 25.1 Å². The van der Waals surface area contributed by atoms with Gasteiger partial charge in [-0.25, -0.2) is 19.9 Å². The van der Waals surface area contributed by atoms with Crippen LogP contribution in [0.4, 0.5) is 11.4 Å². The number of pyridine rings is 2. The minimum absolute atomic E-state index is 0.168.